The van der Waals surface area contributed by atoms with Crippen LogP contribution in [0.2, 0.25) is 0 Å². The molecular weight excluding hydrogens is 452 g/mol. The lowest BCUT2D eigenvalue weighted by Gasteiger charge is -2.57. The van der Waals surface area contributed by atoms with E-state index in [2.05, 4.69) is 21.2 Å². The molecule has 4 bridgehead atoms. The summed E-state index contributed by atoms with van der Waals surface area (Å²) in [7, 11) is -3.57. The van der Waals surface area contributed by atoms with E-state index in [1.807, 2.05) is 0 Å². The highest BCUT2D eigenvalue weighted by Gasteiger charge is 2.52. The number of piperidine rings is 1. The fourth-order valence-corrected chi connectivity index (χ4v) is 8.55. The van der Waals surface area contributed by atoms with E-state index in [-0.39, 0.29) is 23.9 Å². The number of hydrogen-bond donors (Lipinski definition) is 1. The van der Waals surface area contributed by atoms with Gasteiger partial charge in [-0.1, -0.05) is 15.9 Å². The predicted molar refractivity (Wildman–Crippen MR) is 115 cm³/mol. The van der Waals surface area contributed by atoms with Gasteiger partial charge in [0, 0.05) is 23.1 Å². The number of nitrogens with one attached hydrogen (secondary N) is 1. The van der Waals surface area contributed by atoms with E-state index in [4.69, 9.17) is 0 Å². The number of amides is 1. The number of carbonyl (C=O) groups is 1. The lowest BCUT2D eigenvalue weighted by atomic mass is 9.53. The first-order valence-corrected chi connectivity index (χ1v) is 13.1. The van der Waals surface area contributed by atoms with E-state index in [0.717, 1.165) is 54.3 Å². The van der Waals surface area contributed by atoms with Gasteiger partial charge in [0.15, 0.2) is 0 Å². The summed E-state index contributed by atoms with van der Waals surface area (Å²) in [6, 6.07) is 6.74. The second-order valence-corrected chi connectivity index (χ2v) is 12.7. The van der Waals surface area contributed by atoms with Gasteiger partial charge >= 0.3 is 0 Å². The Morgan fingerprint density at radius 2 is 1.62 bits per heavy atom. The molecule has 1 atom stereocenters. The van der Waals surface area contributed by atoms with Crippen molar-refractivity contribution in [2.45, 2.75) is 61.8 Å². The van der Waals surface area contributed by atoms with Gasteiger partial charge in [-0.05, 0) is 93.4 Å². The summed E-state index contributed by atoms with van der Waals surface area (Å²) in [4.78, 5) is 13.5. The smallest absolute Gasteiger partial charge is 0.243 e. The molecule has 1 heterocycles. The molecule has 0 radical (unpaired) electrons. The zero-order valence-electron chi connectivity index (χ0n) is 16.6. The van der Waals surface area contributed by atoms with Crippen molar-refractivity contribution in [1.29, 1.82) is 0 Å². The molecule has 1 amide bonds. The first kappa shape index (κ1) is 20.0. The van der Waals surface area contributed by atoms with E-state index in [9.17, 15) is 13.2 Å². The topological polar surface area (TPSA) is 66.5 Å². The third-order valence-corrected chi connectivity index (χ3v) is 10.0. The summed E-state index contributed by atoms with van der Waals surface area (Å²) < 4.78 is 28.5. The van der Waals surface area contributed by atoms with Crippen LogP contribution in [0.25, 0.3) is 0 Å². The molecule has 158 valence electrons. The fraction of sp³-hybridized carbons (Fsp3) is 0.682. The third kappa shape index (κ3) is 3.79. The van der Waals surface area contributed by atoms with Crippen molar-refractivity contribution in [1.82, 2.24) is 9.62 Å². The summed E-state index contributed by atoms with van der Waals surface area (Å²) in [5.74, 6) is 2.16. The lowest BCUT2D eigenvalue weighted by Crippen LogP contribution is -2.61. The molecule has 5 nitrogen and oxygen atoms in total. The Morgan fingerprint density at radius 3 is 2.21 bits per heavy atom. The first-order chi connectivity index (χ1) is 13.8. The van der Waals surface area contributed by atoms with Crippen LogP contribution in [-0.4, -0.2) is 37.3 Å². The van der Waals surface area contributed by atoms with Gasteiger partial charge in [0.2, 0.25) is 15.9 Å². The molecule has 4 saturated carbocycles. The van der Waals surface area contributed by atoms with Gasteiger partial charge in [-0.2, -0.15) is 4.31 Å². The van der Waals surface area contributed by atoms with Crippen LogP contribution < -0.4 is 5.32 Å². The minimum atomic E-state index is -3.57. The van der Waals surface area contributed by atoms with Gasteiger partial charge in [-0.15, -0.1) is 0 Å². The van der Waals surface area contributed by atoms with Gasteiger partial charge in [-0.25, -0.2) is 8.42 Å². The minimum Gasteiger partial charge on any atom is -0.350 e. The molecule has 4 aliphatic carbocycles. The van der Waals surface area contributed by atoms with E-state index < -0.39 is 10.0 Å². The van der Waals surface area contributed by atoms with Crippen molar-refractivity contribution in [2.75, 3.05) is 13.1 Å². The predicted octanol–water partition coefficient (Wildman–Crippen LogP) is 3.93. The van der Waals surface area contributed by atoms with Crippen molar-refractivity contribution in [3.63, 3.8) is 0 Å². The van der Waals surface area contributed by atoms with Crippen LogP contribution in [0.5, 0.6) is 0 Å². The second kappa shape index (κ2) is 7.34. The zero-order chi connectivity index (χ0) is 20.2. The number of halogens is 1. The molecular formula is C22H29BrN2O3S. The highest BCUT2D eigenvalue weighted by atomic mass is 79.9. The normalized spacial score (nSPS) is 36.9. The first-order valence-electron chi connectivity index (χ1n) is 10.9. The van der Waals surface area contributed by atoms with Crippen molar-refractivity contribution in [3.8, 4) is 0 Å². The van der Waals surface area contributed by atoms with Gasteiger partial charge in [0.25, 0.3) is 0 Å². The highest BCUT2D eigenvalue weighted by molar-refractivity contribution is 9.10. The number of hydrogen-bond acceptors (Lipinski definition) is 3. The third-order valence-electron chi connectivity index (χ3n) is 7.63. The molecule has 5 fully saturated rings. The van der Waals surface area contributed by atoms with Crippen molar-refractivity contribution in [3.05, 3.63) is 28.7 Å². The van der Waals surface area contributed by atoms with Crippen LogP contribution in [0.15, 0.2) is 33.6 Å². The van der Waals surface area contributed by atoms with Crippen LogP contribution in [0.3, 0.4) is 0 Å². The molecule has 1 saturated heterocycles. The molecule has 6 rings (SSSR count). The monoisotopic (exact) mass is 480 g/mol. The molecule has 1 N–H and O–H groups in total. The van der Waals surface area contributed by atoms with Crippen molar-refractivity contribution >= 4 is 31.9 Å². The molecule has 1 aromatic rings. The molecule has 7 heteroatoms. The Balaban J connectivity index is 1.28. The van der Waals surface area contributed by atoms with E-state index in [0.29, 0.717) is 11.4 Å². The lowest BCUT2D eigenvalue weighted by molar-refractivity contribution is -0.131. The zero-order valence-corrected chi connectivity index (χ0v) is 19.1. The van der Waals surface area contributed by atoms with Crippen LogP contribution in [0.4, 0.5) is 0 Å². The number of sulfonamides is 1. The number of benzene rings is 1. The van der Waals surface area contributed by atoms with Crippen LogP contribution >= 0.6 is 15.9 Å². The summed E-state index contributed by atoms with van der Waals surface area (Å²) >= 11 is 3.35. The Hall–Kier alpha value is -0.920. The van der Waals surface area contributed by atoms with Gasteiger partial charge in [0.05, 0.1) is 10.8 Å². The summed E-state index contributed by atoms with van der Waals surface area (Å²) in [5, 5.41) is 3.45. The number of rotatable bonds is 4. The Bertz CT molecular complexity index is 864. The number of carbonyl (C=O) groups excluding carboxylic acids is 1. The maximum Gasteiger partial charge on any atom is 0.243 e. The van der Waals surface area contributed by atoms with E-state index >= 15 is 0 Å². The average molecular weight is 481 g/mol. The molecule has 1 unspecified atom stereocenters. The fourth-order valence-electron chi connectivity index (χ4n) is 6.76. The maximum absolute atomic E-state index is 13.2. The Labute approximate surface area is 181 Å². The van der Waals surface area contributed by atoms with E-state index in [1.54, 1.807) is 24.3 Å². The maximum atomic E-state index is 13.2. The molecule has 1 aromatic carbocycles. The Morgan fingerprint density at radius 1 is 1.03 bits per heavy atom. The van der Waals surface area contributed by atoms with Gasteiger partial charge in [-0.3, -0.25) is 4.79 Å². The molecule has 5 aliphatic rings. The quantitative estimate of drug-likeness (QED) is 0.709. The van der Waals surface area contributed by atoms with Crippen LogP contribution in [-0.2, 0) is 14.8 Å². The summed E-state index contributed by atoms with van der Waals surface area (Å²) in [6.07, 6.45) is 8.90. The number of nitrogens with zero attached hydrogens (tertiary/aromatic N) is 1. The second-order valence-electron chi connectivity index (χ2n) is 9.84. The summed E-state index contributed by atoms with van der Waals surface area (Å²) in [5.41, 5.74) is -0.0152. The van der Waals surface area contributed by atoms with Crippen molar-refractivity contribution in [2.24, 2.45) is 23.7 Å². The average Bonchev–Trinajstić information content (AvgIpc) is 2.67. The molecule has 29 heavy (non-hydrogen) atoms. The van der Waals surface area contributed by atoms with Gasteiger partial charge < -0.3 is 5.32 Å². The molecule has 0 aromatic heterocycles. The minimum absolute atomic E-state index is 0.0152. The van der Waals surface area contributed by atoms with Crippen LogP contribution in [0.1, 0.15) is 51.4 Å². The summed E-state index contributed by atoms with van der Waals surface area (Å²) in [6.45, 7) is 0.774. The highest BCUT2D eigenvalue weighted by Crippen LogP contribution is 2.55. The largest absolute Gasteiger partial charge is 0.350 e. The SMILES string of the molecule is O=C(NC12CC3CC(CC(C3)C1)C2)C1CCCN(S(=O)(=O)c2ccc(Br)cc2)C1. The van der Waals surface area contributed by atoms with Crippen LogP contribution in [0, 0.1) is 23.7 Å². The molecule has 0 spiro atoms. The van der Waals surface area contributed by atoms with Crippen molar-refractivity contribution < 1.29 is 13.2 Å². The van der Waals surface area contributed by atoms with E-state index in [1.165, 1.54) is 23.6 Å². The molecule has 1 aliphatic heterocycles. The van der Waals surface area contributed by atoms with Gasteiger partial charge in [0.1, 0.15) is 0 Å². The Kier molecular flexibility index (Phi) is 5.07. The standard InChI is InChI=1S/C22H29BrN2O3S/c23-19-3-5-20(6-4-19)29(27,28)25-7-1-2-18(14-25)21(26)24-22-11-15-8-16(12-22)10-17(9-15)13-22/h3-6,15-18H,1-2,7-14H2,(H,24,26).